The summed E-state index contributed by atoms with van der Waals surface area (Å²) in [5.41, 5.74) is -1.48. The molecule has 1 aromatic carbocycles. The van der Waals surface area contributed by atoms with Gasteiger partial charge in [0.2, 0.25) is 0 Å². The van der Waals surface area contributed by atoms with Crippen LogP contribution < -0.4 is 4.72 Å². The smallest absolute Gasteiger partial charge is 0.421 e. The van der Waals surface area contributed by atoms with Crippen LogP contribution in [0.15, 0.2) is 35.2 Å². The first kappa shape index (κ1) is 17.7. The Hall–Kier alpha value is -1.68. The van der Waals surface area contributed by atoms with Crippen LogP contribution >= 0.6 is 0 Å². The highest BCUT2D eigenvalue weighted by atomic mass is 32.2. The molecule has 142 valence electrons. The van der Waals surface area contributed by atoms with Crippen LogP contribution in [-0.2, 0) is 24.2 Å². The van der Waals surface area contributed by atoms with Crippen LogP contribution in [0.4, 0.5) is 4.79 Å². The van der Waals surface area contributed by atoms with Crippen molar-refractivity contribution in [1.29, 1.82) is 0 Å². The van der Waals surface area contributed by atoms with Crippen molar-refractivity contribution < 1.29 is 27.4 Å². The molecule has 0 bridgehead atoms. The van der Waals surface area contributed by atoms with E-state index in [1.807, 2.05) is 18.6 Å². The SMILES string of the molecule is C[C@]12CC[C@@]3(C)OCC(COC(=O)NS(=O)(=O)c4ccccc4)(CO1)N23. The molecule has 8 nitrogen and oxygen atoms in total. The Kier molecular flexibility index (Phi) is 3.85. The van der Waals surface area contributed by atoms with Crippen LogP contribution in [0, 0.1) is 0 Å². The standard InChI is InChI=1S/C17H22N2O6S/c1-15-8-9-16(2)19(15)17(11-24-15,12-25-16)10-23-14(20)18-26(21,22)13-6-4-3-5-7-13/h3-7H,8-12H2,1-2H3,(H,18,20)/t15-,16-/m1/s1. The Labute approximate surface area is 152 Å². The molecular formula is C17H22N2O6S. The topological polar surface area (TPSA) is 94.2 Å². The molecule has 26 heavy (non-hydrogen) atoms. The number of hydrogen-bond donors (Lipinski definition) is 1. The molecule has 1 amide bonds. The van der Waals surface area contributed by atoms with Gasteiger partial charge in [-0.15, -0.1) is 0 Å². The van der Waals surface area contributed by atoms with E-state index in [9.17, 15) is 13.2 Å². The first-order valence-electron chi connectivity index (χ1n) is 8.52. The largest absolute Gasteiger partial charge is 0.447 e. The van der Waals surface area contributed by atoms with Gasteiger partial charge in [-0.3, -0.25) is 0 Å². The summed E-state index contributed by atoms with van der Waals surface area (Å²) in [6.07, 6.45) is 0.657. The Morgan fingerprint density at radius 2 is 1.73 bits per heavy atom. The van der Waals surface area contributed by atoms with E-state index >= 15 is 0 Å². The van der Waals surface area contributed by atoms with Crippen LogP contribution in [0.1, 0.15) is 26.7 Å². The second-order valence-electron chi connectivity index (χ2n) is 7.48. The van der Waals surface area contributed by atoms with Crippen molar-refractivity contribution in [2.45, 2.75) is 48.6 Å². The molecule has 3 fully saturated rings. The number of ether oxygens (including phenoxy) is 3. The number of nitrogens with zero attached hydrogens (tertiary/aromatic N) is 1. The lowest BCUT2D eigenvalue weighted by atomic mass is 10.0. The van der Waals surface area contributed by atoms with Gasteiger partial charge in [0.15, 0.2) is 0 Å². The maximum absolute atomic E-state index is 12.2. The van der Waals surface area contributed by atoms with Gasteiger partial charge in [0.1, 0.15) is 23.6 Å². The van der Waals surface area contributed by atoms with Crippen LogP contribution in [0.25, 0.3) is 0 Å². The number of benzene rings is 1. The molecule has 3 saturated heterocycles. The molecule has 1 aromatic rings. The van der Waals surface area contributed by atoms with E-state index in [2.05, 4.69) is 4.90 Å². The molecule has 0 unspecified atom stereocenters. The summed E-state index contributed by atoms with van der Waals surface area (Å²) in [6.45, 7) is 4.76. The van der Waals surface area contributed by atoms with E-state index in [1.54, 1.807) is 18.2 Å². The second-order valence-corrected chi connectivity index (χ2v) is 9.16. The van der Waals surface area contributed by atoms with Crippen molar-refractivity contribution in [2.24, 2.45) is 0 Å². The highest BCUT2D eigenvalue weighted by Crippen LogP contribution is 2.55. The Balaban J connectivity index is 1.44. The number of sulfonamides is 1. The number of rotatable bonds is 4. The lowest BCUT2D eigenvalue weighted by Gasteiger charge is -2.37. The molecule has 0 spiro atoms. The summed E-state index contributed by atoms with van der Waals surface area (Å²) < 4.78 is 43.6. The highest BCUT2D eigenvalue weighted by Gasteiger charge is 2.69. The highest BCUT2D eigenvalue weighted by molar-refractivity contribution is 7.90. The zero-order valence-corrected chi connectivity index (χ0v) is 15.5. The predicted molar refractivity (Wildman–Crippen MR) is 90.6 cm³/mol. The molecule has 2 atom stereocenters. The maximum atomic E-state index is 12.2. The summed E-state index contributed by atoms with van der Waals surface area (Å²) in [5.74, 6) is 0. The summed E-state index contributed by atoms with van der Waals surface area (Å²) in [5, 5.41) is 0. The molecule has 4 rings (SSSR count). The summed E-state index contributed by atoms with van der Waals surface area (Å²) in [6, 6.07) is 7.68. The molecule has 3 heterocycles. The average Bonchev–Trinajstić information content (AvgIpc) is 3.18. The Morgan fingerprint density at radius 1 is 1.15 bits per heavy atom. The van der Waals surface area contributed by atoms with E-state index in [-0.39, 0.29) is 11.5 Å². The quantitative estimate of drug-likeness (QED) is 0.842. The van der Waals surface area contributed by atoms with Crippen LogP contribution in [-0.4, -0.2) is 56.2 Å². The fraction of sp³-hybridized carbons (Fsp3) is 0.588. The number of carbonyl (C=O) groups excluding carboxylic acids is 1. The van der Waals surface area contributed by atoms with Crippen molar-refractivity contribution >= 4 is 16.1 Å². The summed E-state index contributed by atoms with van der Waals surface area (Å²) in [4.78, 5) is 14.2. The van der Waals surface area contributed by atoms with Gasteiger partial charge in [0.05, 0.1) is 18.1 Å². The molecule has 3 aliphatic heterocycles. The first-order chi connectivity index (χ1) is 12.2. The van der Waals surface area contributed by atoms with Gasteiger partial charge in [-0.25, -0.2) is 22.8 Å². The van der Waals surface area contributed by atoms with E-state index < -0.39 is 33.1 Å². The lowest BCUT2D eigenvalue weighted by molar-refractivity contribution is -0.125. The zero-order chi connectivity index (χ0) is 18.6. The minimum atomic E-state index is -3.96. The Bertz CT molecular complexity index is 807. The molecule has 0 saturated carbocycles. The zero-order valence-electron chi connectivity index (χ0n) is 14.7. The minimum absolute atomic E-state index is 0.00297. The fourth-order valence-electron chi connectivity index (χ4n) is 4.36. The van der Waals surface area contributed by atoms with Gasteiger partial charge in [-0.2, -0.15) is 0 Å². The third-order valence-electron chi connectivity index (χ3n) is 5.52. The molecule has 0 aromatic heterocycles. The summed E-state index contributed by atoms with van der Waals surface area (Å²) in [7, 11) is -3.96. The van der Waals surface area contributed by atoms with Crippen molar-refractivity contribution in [1.82, 2.24) is 9.62 Å². The number of hydrogen-bond acceptors (Lipinski definition) is 7. The lowest BCUT2D eigenvalue weighted by Crippen LogP contribution is -2.56. The Morgan fingerprint density at radius 3 is 2.31 bits per heavy atom. The fourth-order valence-corrected chi connectivity index (χ4v) is 5.27. The summed E-state index contributed by atoms with van der Waals surface area (Å²) >= 11 is 0. The third kappa shape index (κ3) is 2.61. The molecule has 3 aliphatic rings. The van der Waals surface area contributed by atoms with Crippen LogP contribution in [0.5, 0.6) is 0 Å². The van der Waals surface area contributed by atoms with E-state index in [1.165, 1.54) is 12.1 Å². The first-order valence-corrected chi connectivity index (χ1v) is 10.0. The van der Waals surface area contributed by atoms with Gasteiger partial charge in [-0.1, -0.05) is 18.2 Å². The van der Waals surface area contributed by atoms with Crippen molar-refractivity contribution in [3.8, 4) is 0 Å². The monoisotopic (exact) mass is 382 g/mol. The number of amides is 1. The van der Waals surface area contributed by atoms with Crippen molar-refractivity contribution in [2.75, 3.05) is 19.8 Å². The average molecular weight is 382 g/mol. The molecule has 0 aliphatic carbocycles. The van der Waals surface area contributed by atoms with Crippen LogP contribution in [0.3, 0.4) is 0 Å². The second kappa shape index (κ2) is 5.66. The minimum Gasteiger partial charge on any atom is -0.447 e. The van der Waals surface area contributed by atoms with Crippen molar-refractivity contribution in [3.63, 3.8) is 0 Å². The molecule has 9 heteroatoms. The van der Waals surface area contributed by atoms with Gasteiger partial charge in [0, 0.05) is 0 Å². The van der Waals surface area contributed by atoms with Gasteiger partial charge < -0.3 is 14.2 Å². The van der Waals surface area contributed by atoms with E-state index in [0.29, 0.717) is 13.2 Å². The van der Waals surface area contributed by atoms with E-state index in [4.69, 9.17) is 14.2 Å². The normalized spacial score (nSPS) is 36.1. The van der Waals surface area contributed by atoms with Gasteiger partial charge >= 0.3 is 6.09 Å². The van der Waals surface area contributed by atoms with Crippen LogP contribution in [0.2, 0.25) is 0 Å². The number of nitrogens with one attached hydrogen (secondary N) is 1. The van der Waals surface area contributed by atoms with Crippen molar-refractivity contribution in [3.05, 3.63) is 30.3 Å². The predicted octanol–water partition coefficient (Wildman–Crippen LogP) is 1.43. The third-order valence-corrected chi connectivity index (χ3v) is 6.85. The molecule has 1 N–H and O–H groups in total. The molecule has 0 radical (unpaired) electrons. The van der Waals surface area contributed by atoms with Gasteiger partial charge in [0.25, 0.3) is 10.0 Å². The number of carbonyl (C=O) groups is 1. The molecular weight excluding hydrogens is 360 g/mol. The van der Waals surface area contributed by atoms with E-state index in [0.717, 1.165) is 12.8 Å². The van der Waals surface area contributed by atoms with Gasteiger partial charge in [-0.05, 0) is 38.8 Å². The maximum Gasteiger partial charge on any atom is 0.421 e.